The molecule has 2 aromatic carbocycles. The molecule has 9 heteroatoms. The molecule has 1 heterocycles. The van der Waals surface area contributed by atoms with Gasteiger partial charge in [-0.25, -0.2) is 8.42 Å². The maximum absolute atomic E-state index is 11.5. The summed E-state index contributed by atoms with van der Waals surface area (Å²) in [6.45, 7) is 1.13. The highest BCUT2D eigenvalue weighted by Crippen LogP contribution is 2.11. The highest BCUT2D eigenvalue weighted by Gasteiger charge is 2.08. The van der Waals surface area contributed by atoms with Gasteiger partial charge in [0.25, 0.3) is 0 Å². The van der Waals surface area contributed by atoms with E-state index in [1.54, 1.807) is 25.5 Å². The standard InChI is InChI=1S/C20H24N6O2S/c1-21-20(22-13-12-16-8-10-18(11-9-16)29(2,27)28)23-14-19-25-24-15-26(19)17-6-4-3-5-7-17/h3-11,15H,12-14H2,1-2H3,(H2,21,22,23). The zero-order chi connectivity index (χ0) is 20.7. The number of sulfone groups is 1. The molecule has 152 valence electrons. The Morgan fingerprint density at radius 1 is 1.07 bits per heavy atom. The van der Waals surface area contributed by atoms with Crippen LogP contribution >= 0.6 is 0 Å². The number of para-hydroxylation sites is 1. The van der Waals surface area contributed by atoms with Crippen LogP contribution in [0.1, 0.15) is 11.4 Å². The largest absolute Gasteiger partial charge is 0.356 e. The molecule has 0 fully saturated rings. The van der Waals surface area contributed by atoms with E-state index in [1.807, 2.05) is 47.0 Å². The van der Waals surface area contributed by atoms with Gasteiger partial charge in [-0.3, -0.25) is 9.56 Å². The van der Waals surface area contributed by atoms with Gasteiger partial charge >= 0.3 is 0 Å². The molecule has 0 saturated carbocycles. The highest BCUT2D eigenvalue weighted by atomic mass is 32.2. The quantitative estimate of drug-likeness (QED) is 0.451. The van der Waals surface area contributed by atoms with Crippen LogP contribution in [0.3, 0.4) is 0 Å². The maximum atomic E-state index is 11.5. The van der Waals surface area contributed by atoms with Crippen molar-refractivity contribution < 1.29 is 8.42 Å². The molecule has 0 atom stereocenters. The van der Waals surface area contributed by atoms with E-state index in [-0.39, 0.29) is 0 Å². The Labute approximate surface area is 170 Å². The zero-order valence-electron chi connectivity index (χ0n) is 16.4. The average molecular weight is 413 g/mol. The number of hydrogen-bond acceptors (Lipinski definition) is 5. The van der Waals surface area contributed by atoms with E-state index in [1.165, 1.54) is 6.26 Å². The molecule has 0 unspecified atom stereocenters. The molecule has 3 aromatic rings. The van der Waals surface area contributed by atoms with Crippen LogP contribution in [0.25, 0.3) is 5.69 Å². The minimum absolute atomic E-state index is 0.328. The van der Waals surface area contributed by atoms with Gasteiger partial charge in [0.1, 0.15) is 6.33 Å². The van der Waals surface area contributed by atoms with Crippen molar-refractivity contribution in [1.82, 2.24) is 25.4 Å². The van der Waals surface area contributed by atoms with Crippen LogP contribution in [0.4, 0.5) is 0 Å². The molecule has 0 spiro atoms. The van der Waals surface area contributed by atoms with E-state index >= 15 is 0 Å². The van der Waals surface area contributed by atoms with Gasteiger partial charge in [0.05, 0.1) is 11.4 Å². The van der Waals surface area contributed by atoms with Crippen molar-refractivity contribution in [3.05, 3.63) is 72.3 Å². The SMILES string of the molecule is CN=C(NCCc1ccc(S(C)(=O)=O)cc1)NCc1nncn1-c1ccccc1. The van der Waals surface area contributed by atoms with Crippen molar-refractivity contribution in [3.8, 4) is 5.69 Å². The van der Waals surface area contributed by atoms with Gasteiger partial charge in [0.2, 0.25) is 0 Å². The second-order valence-corrected chi connectivity index (χ2v) is 8.49. The number of guanidine groups is 1. The number of benzene rings is 2. The monoisotopic (exact) mass is 412 g/mol. The summed E-state index contributed by atoms with van der Waals surface area (Å²) >= 11 is 0. The second-order valence-electron chi connectivity index (χ2n) is 6.47. The summed E-state index contributed by atoms with van der Waals surface area (Å²) in [4.78, 5) is 4.55. The fraction of sp³-hybridized carbons (Fsp3) is 0.250. The number of nitrogens with zero attached hydrogens (tertiary/aromatic N) is 4. The number of nitrogens with one attached hydrogen (secondary N) is 2. The van der Waals surface area contributed by atoms with Crippen LogP contribution in [-0.2, 0) is 22.8 Å². The van der Waals surface area contributed by atoms with Gasteiger partial charge in [-0.05, 0) is 36.2 Å². The van der Waals surface area contributed by atoms with Gasteiger partial charge in [-0.1, -0.05) is 30.3 Å². The number of aliphatic imine (C=N–C) groups is 1. The molecule has 0 aliphatic carbocycles. The van der Waals surface area contributed by atoms with Crippen LogP contribution in [-0.4, -0.2) is 49.0 Å². The molecule has 0 bridgehead atoms. The van der Waals surface area contributed by atoms with Crippen LogP contribution in [0, 0.1) is 0 Å². The van der Waals surface area contributed by atoms with Crippen molar-refractivity contribution in [2.24, 2.45) is 4.99 Å². The van der Waals surface area contributed by atoms with E-state index in [0.717, 1.165) is 23.5 Å². The fourth-order valence-corrected chi connectivity index (χ4v) is 3.43. The fourth-order valence-electron chi connectivity index (χ4n) is 2.80. The summed E-state index contributed by atoms with van der Waals surface area (Å²) in [5.74, 6) is 1.43. The molecule has 0 saturated heterocycles. The van der Waals surface area contributed by atoms with Crippen LogP contribution in [0.2, 0.25) is 0 Å². The Morgan fingerprint density at radius 2 is 1.79 bits per heavy atom. The highest BCUT2D eigenvalue weighted by molar-refractivity contribution is 7.90. The topological polar surface area (TPSA) is 101 Å². The van der Waals surface area contributed by atoms with Gasteiger partial charge in [0.15, 0.2) is 21.6 Å². The maximum Gasteiger partial charge on any atom is 0.191 e. The summed E-state index contributed by atoms with van der Waals surface area (Å²) in [6.07, 6.45) is 3.63. The van der Waals surface area contributed by atoms with Crippen molar-refractivity contribution in [2.75, 3.05) is 19.8 Å². The van der Waals surface area contributed by atoms with Gasteiger partial charge < -0.3 is 10.6 Å². The molecule has 0 aliphatic rings. The summed E-state index contributed by atoms with van der Waals surface area (Å²) in [5, 5.41) is 14.7. The summed E-state index contributed by atoms with van der Waals surface area (Å²) in [6, 6.07) is 16.8. The van der Waals surface area contributed by atoms with Gasteiger partial charge in [-0.2, -0.15) is 0 Å². The predicted octanol–water partition coefficient (Wildman–Crippen LogP) is 1.58. The predicted molar refractivity (Wildman–Crippen MR) is 113 cm³/mol. The number of aromatic nitrogens is 3. The minimum Gasteiger partial charge on any atom is -0.356 e. The lowest BCUT2D eigenvalue weighted by atomic mass is 10.1. The van der Waals surface area contributed by atoms with Gasteiger partial charge in [-0.15, -0.1) is 10.2 Å². The Morgan fingerprint density at radius 3 is 2.45 bits per heavy atom. The smallest absolute Gasteiger partial charge is 0.191 e. The number of rotatable bonds is 7. The Kier molecular flexibility index (Phi) is 6.61. The first kappa shape index (κ1) is 20.5. The van der Waals surface area contributed by atoms with E-state index in [4.69, 9.17) is 0 Å². The molecule has 29 heavy (non-hydrogen) atoms. The summed E-state index contributed by atoms with van der Waals surface area (Å²) < 4.78 is 25.0. The third-order valence-electron chi connectivity index (χ3n) is 4.35. The van der Waals surface area contributed by atoms with Crippen molar-refractivity contribution in [2.45, 2.75) is 17.9 Å². The van der Waals surface area contributed by atoms with E-state index < -0.39 is 9.84 Å². The molecule has 1 aromatic heterocycles. The molecule has 8 nitrogen and oxygen atoms in total. The molecule has 0 amide bonds. The minimum atomic E-state index is -3.17. The first-order valence-corrected chi connectivity index (χ1v) is 11.0. The van der Waals surface area contributed by atoms with Crippen molar-refractivity contribution >= 4 is 15.8 Å². The molecular weight excluding hydrogens is 388 g/mol. The lowest BCUT2D eigenvalue weighted by Crippen LogP contribution is -2.38. The molecular formula is C20H24N6O2S. The molecule has 3 rings (SSSR count). The van der Waals surface area contributed by atoms with Crippen molar-refractivity contribution in [1.29, 1.82) is 0 Å². The normalized spacial score (nSPS) is 12.0. The van der Waals surface area contributed by atoms with Gasteiger partial charge in [0, 0.05) is 25.5 Å². The lowest BCUT2D eigenvalue weighted by molar-refractivity contribution is 0.602. The number of hydrogen-bond donors (Lipinski definition) is 2. The van der Waals surface area contributed by atoms with Crippen LogP contribution in [0.5, 0.6) is 0 Å². The second kappa shape index (κ2) is 9.33. The van der Waals surface area contributed by atoms with Crippen LogP contribution in [0.15, 0.2) is 70.8 Å². The first-order valence-electron chi connectivity index (χ1n) is 9.15. The lowest BCUT2D eigenvalue weighted by Gasteiger charge is -2.12. The van der Waals surface area contributed by atoms with E-state index in [0.29, 0.717) is 23.9 Å². The zero-order valence-corrected chi connectivity index (χ0v) is 17.2. The van der Waals surface area contributed by atoms with E-state index in [9.17, 15) is 8.42 Å². The van der Waals surface area contributed by atoms with Crippen molar-refractivity contribution in [3.63, 3.8) is 0 Å². The Hall–Kier alpha value is -3.20. The third-order valence-corrected chi connectivity index (χ3v) is 5.48. The molecule has 2 N–H and O–H groups in total. The summed E-state index contributed by atoms with van der Waals surface area (Å²) in [7, 11) is -1.46. The van der Waals surface area contributed by atoms with E-state index in [2.05, 4.69) is 25.8 Å². The van der Waals surface area contributed by atoms with Crippen LogP contribution < -0.4 is 10.6 Å². The molecule has 0 radical (unpaired) electrons. The molecule has 0 aliphatic heterocycles. The summed E-state index contributed by atoms with van der Waals surface area (Å²) in [5.41, 5.74) is 2.04. The average Bonchev–Trinajstić information content (AvgIpc) is 3.19. The Bertz CT molecular complexity index is 1060. The Balaban J connectivity index is 1.51. The first-order chi connectivity index (χ1) is 14.0. The third kappa shape index (κ3) is 5.64.